The van der Waals surface area contributed by atoms with E-state index in [-0.39, 0.29) is 18.3 Å². The Morgan fingerprint density at radius 1 is 1.00 bits per heavy atom. The van der Waals surface area contributed by atoms with Gasteiger partial charge in [0.15, 0.2) is 6.61 Å². The number of halogens is 7. The van der Waals surface area contributed by atoms with Gasteiger partial charge in [0.25, 0.3) is 15.9 Å². The lowest BCUT2D eigenvalue weighted by atomic mass is 10.2. The van der Waals surface area contributed by atoms with E-state index in [0.717, 1.165) is 30.5 Å². The van der Waals surface area contributed by atoms with Crippen molar-refractivity contribution in [1.29, 1.82) is 0 Å². The molecule has 0 atom stereocenters. The number of hydrogen-bond acceptors (Lipinski definition) is 6. The van der Waals surface area contributed by atoms with Crippen molar-refractivity contribution in [3.05, 3.63) is 53.9 Å². The lowest BCUT2D eigenvalue weighted by Gasteiger charge is -2.27. The third-order valence-electron chi connectivity index (χ3n) is 4.25. The van der Waals surface area contributed by atoms with Crippen LogP contribution in [0, 0.1) is 0 Å². The Morgan fingerprint density at radius 2 is 1.60 bits per heavy atom. The summed E-state index contributed by atoms with van der Waals surface area (Å²) in [5.41, 5.74) is 0.391. The normalized spacial score (nSPS) is 13.1. The predicted molar refractivity (Wildman–Crippen MR) is 107 cm³/mol. The number of pyridine rings is 1. The van der Waals surface area contributed by atoms with Crippen molar-refractivity contribution in [2.75, 3.05) is 6.61 Å². The number of alkyl halides is 7. The summed E-state index contributed by atoms with van der Waals surface area (Å²) >= 11 is 0. The number of amides is 1. The summed E-state index contributed by atoms with van der Waals surface area (Å²) in [6.45, 7) is 1.47. The quantitative estimate of drug-likeness (QED) is 0.458. The molecule has 1 N–H and O–H groups in total. The second-order valence-corrected chi connectivity index (χ2v) is 9.05. The first kappa shape index (κ1) is 28.3. The third kappa shape index (κ3) is 7.04. The molecule has 0 aliphatic rings. The van der Waals surface area contributed by atoms with Crippen molar-refractivity contribution in [1.82, 2.24) is 9.71 Å². The molecule has 35 heavy (non-hydrogen) atoms. The number of aromatic nitrogens is 1. The number of sulfonamides is 1. The number of nitrogens with zero attached hydrogens (tertiary/aromatic N) is 1. The monoisotopic (exact) mass is 532 g/mol. The van der Waals surface area contributed by atoms with Crippen LogP contribution < -0.4 is 9.46 Å². The van der Waals surface area contributed by atoms with E-state index in [1.54, 1.807) is 4.72 Å². The van der Waals surface area contributed by atoms with Crippen molar-refractivity contribution in [3.8, 4) is 5.75 Å². The van der Waals surface area contributed by atoms with Gasteiger partial charge in [-0.15, -0.1) is 0 Å². The molecule has 2 aromatic rings. The fraction of sp³-hybridized carbons (Fsp3) is 0.400. The average molecular weight is 532 g/mol. The van der Waals surface area contributed by atoms with E-state index in [0.29, 0.717) is 5.69 Å². The summed E-state index contributed by atoms with van der Waals surface area (Å²) in [7, 11) is -4.47. The van der Waals surface area contributed by atoms with Crippen molar-refractivity contribution < 1.29 is 53.4 Å². The molecule has 0 bridgehead atoms. The zero-order valence-electron chi connectivity index (χ0n) is 18.1. The molecular formula is C20H19F7N2O5S. The molecule has 2 rings (SSSR count). The molecule has 0 fully saturated rings. The molecule has 1 aromatic carbocycles. The lowest BCUT2D eigenvalue weighted by molar-refractivity contribution is -0.358. The van der Waals surface area contributed by atoms with Gasteiger partial charge < -0.3 is 9.47 Å². The molecule has 1 amide bonds. The van der Waals surface area contributed by atoms with E-state index in [4.69, 9.17) is 4.74 Å². The fourth-order valence-electron chi connectivity index (χ4n) is 2.32. The second kappa shape index (κ2) is 10.4. The van der Waals surface area contributed by atoms with Crippen LogP contribution in [0.4, 0.5) is 30.7 Å². The van der Waals surface area contributed by atoms with Crippen molar-refractivity contribution >= 4 is 15.9 Å². The van der Waals surface area contributed by atoms with Gasteiger partial charge in [-0.25, -0.2) is 13.1 Å². The van der Waals surface area contributed by atoms with Crippen LogP contribution in [0.25, 0.3) is 0 Å². The molecule has 1 heterocycles. The largest absolute Gasteiger partial charge is 0.487 e. The first-order valence-electron chi connectivity index (χ1n) is 9.65. The van der Waals surface area contributed by atoms with E-state index in [1.807, 2.05) is 13.8 Å². The molecule has 194 valence electrons. The van der Waals surface area contributed by atoms with Gasteiger partial charge in [-0.2, -0.15) is 30.7 Å². The third-order valence-corrected chi connectivity index (χ3v) is 5.59. The Kier molecular flexibility index (Phi) is 8.37. The van der Waals surface area contributed by atoms with Crippen LogP contribution in [0.2, 0.25) is 0 Å². The van der Waals surface area contributed by atoms with Crippen LogP contribution in [0.5, 0.6) is 5.75 Å². The predicted octanol–water partition coefficient (Wildman–Crippen LogP) is 4.34. The van der Waals surface area contributed by atoms with Crippen molar-refractivity contribution in [2.24, 2.45) is 0 Å². The Morgan fingerprint density at radius 3 is 2.09 bits per heavy atom. The van der Waals surface area contributed by atoms with Gasteiger partial charge in [0.05, 0.1) is 28.9 Å². The molecule has 15 heteroatoms. The SMILES string of the molecule is CC(C)OCc1ccc(C(=O)NS(=O)(=O)c2ccc(OCC(F)(F)C(F)(F)C(F)(F)F)cc2)cn1. The number of nitrogens with one attached hydrogen (secondary N) is 1. The molecule has 0 saturated heterocycles. The summed E-state index contributed by atoms with van der Waals surface area (Å²) in [4.78, 5) is 15.7. The Bertz CT molecular complexity index is 1120. The van der Waals surface area contributed by atoms with Gasteiger partial charge in [-0.05, 0) is 50.2 Å². The number of ether oxygens (including phenoxy) is 2. The molecule has 7 nitrogen and oxygen atoms in total. The van der Waals surface area contributed by atoms with Gasteiger partial charge in [-0.1, -0.05) is 0 Å². The molecule has 1 aromatic heterocycles. The Balaban J connectivity index is 2.04. The van der Waals surface area contributed by atoms with E-state index in [1.165, 1.54) is 12.1 Å². The minimum atomic E-state index is -6.51. The van der Waals surface area contributed by atoms with Crippen LogP contribution in [0.3, 0.4) is 0 Å². The smallest absolute Gasteiger partial charge is 0.460 e. The maximum atomic E-state index is 13.3. The number of benzene rings is 1. The number of carbonyl (C=O) groups excluding carboxylic acids is 1. The van der Waals surface area contributed by atoms with E-state index in [2.05, 4.69) is 9.72 Å². The summed E-state index contributed by atoms with van der Waals surface area (Å²) in [5.74, 6) is -13.6. The highest BCUT2D eigenvalue weighted by Crippen LogP contribution is 2.46. The highest BCUT2D eigenvalue weighted by Gasteiger charge is 2.73. The fourth-order valence-corrected chi connectivity index (χ4v) is 3.30. The summed E-state index contributed by atoms with van der Waals surface area (Å²) in [5, 5.41) is 0. The van der Waals surface area contributed by atoms with Crippen LogP contribution >= 0.6 is 0 Å². The molecule has 0 aliphatic heterocycles. The summed E-state index contributed by atoms with van der Waals surface area (Å²) in [6.07, 6.45) is -5.44. The number of rotatable bonds is 10. The zero-order valence-corrected chi connectivity index (χ0v) is 18.9. The van der Waals surface area contributed by atoms with Gasteiger partial charge >= 0.3 is 18.0 Å². The Hall–Kier alpha value is -2.94. The first-order valence-corrected chi connectivity index (χ1v) is 11.1. The number of carbonyl (C=O) groups is 1. The maximum absolute atomic E-state index is 13.3. The molecule has 0 unspecified atom stereocenters. The molecule has 0 saturated carbocycles. The lowest BCUT2D eigenvalue weighted by Crippen LogP contribution is -2.54. The minimum Gasteiger partial charge on any atom is -0.487 e. The van der Waals surface area contributed by atoms with Crippen molar-refractivity contribution in [2.45, 2.75) is 49.5 Å². The molecule has 0 radical (unpaired) electrons. The van der Waals surface area contributed by atoms with Crippen LogP contribution in [0.15, 0.2) is 47.5 Å². The van der Waals surface area contributed by atoms with Crippen LogP contribution in [-0.2, 0) is 21.4 Å². The average Bonchev–Trinajstić information content (AvgIpc) is 2.75. The van der Waals surface area contributed by atoms with E-state index in [9.17, 15) is 43.9 Å². The highest BCUT2D eigenvalue weighted by atomic mass is 32.2. The van der Waals surface area contributed by atoms with Gasteiger partial charge in [0.1, 0.15) is 5.75 Å². The van der Waals surface area contributed by atoms with Gasteiger partial charge in [-0.3, -0.25) is 9.78 Å². The zero-order chi connectivity index (χ0) is 26.7. The summed E-state index contributed by atoms with van der Waals surface area (Å²) in [6, 6.07) is 5.79. The molecular weight excluding hydrogens is 513 g/mol. The number of hydrogen-bond donors (Lipinski definition) is 1. The first-order chi connectivity index (χ1) is 16.0. The van der Waals surface area contributed by atoms with E-state index >= 15 is 0 Å². The Labute approximate surface area is 195 Å². The van der Waals surface area contributed by atoms with E-state index < -0.39 is 51.2 Å². The van der Waals surface area contributed by atoms with Gasteiger partial charge in [0, 0.05) is 6.20 Å². The molecule has 0 aliphatic carbocycles. The second-order valence-electron chi connectivity index (χ2n) is 7.37. The molecule has 0 spiro atoms. The summed E-state index contributed by atoms with van der Waals surface area (Å²) < 4.78 is 125. The van der Waals surface area contributed by atoms with Crippen LogP contribution in [0.1, 0.15) is 29.9 Å². The standard InChI is InChI=1S/C20H19F7N2O5S/c1-12(2)33-10-14-4-3-13(9-28-14)17(30)29-35(31,32)16-7-5-15(6-8-16)34-11-18(21,22)19(23,24)20(25,26)27/h3-9,12H,10-11H2,1-2H3,(H,29,30). The maximum Gasteiger partial charge on any atom is 0.460 e. The topological polar surface area (TPSA) is 94.6 Å². The van der Waals surface area contributed by atoms with Crippen molar-refractivity contribution in [3.63, 3.8) is 0 Å². The highest BCUT2D eigenvalue weighted by molar-refractivity contribution is 7.90. The minimum absolute atomic E-state index is 0.0565. The van der Waals surface area contributed by atoms with Gasteiger partial charge in [0.2, 0.25) is 0 Å². The van der Waals surface area contributed by atoms with Crippen LogP contribution in [-0.4, -0.2) is 50.0 Å².